The predicted molar refractivity (Wildman–Crippen MR) is 64.4 cm³/mol. The van der Waals surface area contributed by atoms with E-state index in [2.05, 4.69) is 10.3 Å². The van der Waals surface area contributed by atoms with Gasteiger partial charge in [-0.1, -0.05) is 35.5 Å². The number of nitrogens with zero attached hydrogens (tertiary/aromatic N) is 3. The van der Waals surface area contributed by atoms with Crippen molar-refractivity contribution in [1.82, 2.24) is 15.0 Å². The number of aromatic nitrogens is 3. The van der Waals surface area contributed by atoms with E-state index in [1.807, 2.05) is 44.2 Å². The molecule has 0 spiro atoms. The maximum absolute atomic E-state index is 11.3. The second kappa shape index (κ2) is 4.37. The Hall–Kier alpha value is -2.17. The Labute approximate surface area is 99.2 Å². The molecule has 88 valence electrons. The van der Waals surface area contributed by atoms with E-state index in [4.69, 9.17) is 5.73 Å². The molecule has 0 fully saturated rings. The van der Waals surface area contributed by atoms with Crippen molar-refractivity contribution in [2.45, 2.75) is 19.9 Å². The third kappa shape index (κ3) is 2.04. The predicted octanol–water partition coefficient (Wildman–Crippen LogP) is 1.62. The maximum Gasteiger partial charge on any atom is 0.271 e. The van der Waals surface area contributed by atoms with Crippen LogP contribution in [0.25, 0.3) is 11.3 Å². The van der Waals surface area contributed by atoms with Crippen LogP contribution in [-0.2, 0) is 0 Å². The molecule has 0 aliphatic heterocycles. The first-order valence-corrected chi connectivity index (χ1v) is 5.41. The molecular formula is C12H14N4O. The Morgan fingerprint density at radius 1 is 1.29 bits per heavy atom. The van der Waals surface area contributed by atoms with Crippen LogP contribution in [0.15, 0.2) is 30.3 Å². The van der Waals surface area contributed by atoms with Crippen LogP contribution in [0.2, 0.25) is 0 Å². The number of nitrogens with two attached hydrogens (primary N) is 1. The zero-order valence-corrected chi connectivity index (χ0v) is 9.79. The molecule has 0 saturated carbocycles. The van der Waals surface area contributed by atoms with E-state index in [1.54, 1.807) is 4.68 Å². The van der Waals surface area contributed by atoms with Crippen molar-refractivity contribution in [1.29, 1.82) is 0 Å². The van der Waals surface area contributed by atoms with E-state index >= 15 is 0 Å². The molecule has 5 heteroatoms. The standard InChI is InChI=1S/C12H14N4O/c1-8(2)16-11(9-6-4-3-5-7-9)10(12(13)17)14-15-16/h3-8H,1-2H3,(H2,13,17). The lowest BCUT2D eigenvalue weighted by Gasteiger charge is -2.10. The van der Waals surface area contributed by atoms with Crippen molar-refractivity contribution < 1.29 is 4.79 Å². The van der Waals surface area contributed by atoms with Gasteiger partial charge < -0.3 is 5.73 Å². The summed E-state index contributed by atoms with van der Waals surface area (Å²) in [5.41, 5.74) is 7.09. The van der Waals surface area contributed by atoms with Crippen LogP contribution in [-0.4, -0.2) is 20.9 Å². The topological polar surface area (TPSA) is 73.8 Å². The molecule has 0 bridgehead atoms. The summed E-state index contributed by atoms with van der Waals surface area (Å²) >= 11 is 0. The van der Waals surface area contributed by atoms with E-state index in [0.717, 1.165) is 5.56 Å². The van der Waals surface area contributed by atoms with Gasteiger partial charge in [-0.15, -0.1) is 5.10 Å². The zero-order chi connectivity index (χ0) is 12.4. The van der Waals surface area contributed by atoms with E-state index in [9.17, 15) is 4.79 Å². The molecule has 0 aliphatic rings. The first kappa shape index (κ1) is 11.3. The first-order valence-electron chi connectivity index (χ1n) is 5.41. The highest BCUT2D eigenvalue weighted by Gasteiger charge is 2.20. The number of carbonyl (C=O) groups excluding carboxylic acids is 1. The molecule has 0 unspecified atom stereocenters. The van der Waals surface area contributed by atoms with Crippen molar-refractivity contribution in [3.8, 4) is 11.3 Å². The lowest BCUT2D eigenvalue weighted by molar-refractivity contribution is 0.0996. The van der Waals surface area contributed by atoms with Crippen LogP contribution in [0.1, 0.15) is 30.4 Å². The number of carbonyl (C=O) groups is 1. The number of amides is 1. The molecule has 0 atom stereocenters. The van der Waals surface area contributed by atoms with Crippen LogP contribution in [0.5, 0.6) is 0 Å². The molecular weight excluding hydrogens is 216 g/mol. The summed E-state index contributed by atoms with van der Waals surface area (Å²) in [6.45, 7) is 3.96. The van der Waals surface area contributed by atoms with Crippen LogP contribution in [0.3, 0.4) is 0 Å². The third-order valence-corrected chi connectivity index (χ3v) is 2.46. The quantitative estimate of drug-likeness (QED) is 0.870. The number of primary amides is 1. The lowest BCUT2D eigenvalue weighted by atomic mass is 10.1. The molecule has 2 N–H and O–H groups in total. The number of benzene rings is 1. The SMILES string of the molecule is CC(C)n1nnc(C(N)=O)c1-c1ccccc1. The van der Waals surface area contributed by atoms with Gasteiger partial charge in [0.05, 0.1) is 0 Å². The number of hydrogen-bond acceptors (Lipinski definition) is 3. The first-order chi connectivity index (χ1) is 8.11. The highest BCUT2D eigenvalue weighted by Crippen LogP contribution is 2.24. The third-order valence-electron chi connectivity index (χ3n) is 2.46. The van der Waals surface area contributed by atoms with Gasteiger partial charge in [0, 0.05) is 11.6 Å². The van der Waals surface area contributed by atoms with Gasteiger partial charge in [0.2, 0.25) is 0 Å². The van der Waals surface area contributed by atoms with Crippen molar-refractivity contribution in [2.24, 2.45) is 5.73 Å². The number of hydrogen-bond donors (Lipinski definition) is 1. The summed E-state index contributed by atoms with van der Waals surface area (Å²) in [6, 6.07) is 9.64. The molecule has 1 heterocycles. The van der Waals surface area contributed by atoms with Crippen LogP contribution >= 0.6 is 0 Å². The van der Waals surface area contributed by atoms with E-state index < -0.39 is 5.91 Å². The summed E-state index contributed by atoms with van der Waals surface area (Å²) in [6.07, 6.45) is 0. The van der Waals surface area contributed by atoms with Gasteiger partial charge in [-0.05, 0) is 13.8 Å². The minimum atomic E-state index is -0.559. The zero-order valence-electron chi connectivity index (χ0n) is 9.79. The van der Waals surface area contributed by atoms with Gasteiger partial charge in [-0.2, -0.15) is 0 Å². The summed E-state index contributed by atoms with van der Waals surface area (Å²) in [4.78, 5) is 11.3. The minimum Gasteiger partial charge on any atom is -0.364 e. The van der Waals surface area contributed by atoms with Gasteiger partial charge in [0.15, 0.2) is 5.69 Å². The Bertz CT molecular complexity index is 531. The van der Waals surface area contributed by atoms with Gasteiger partial charge in [0.1, 0.15) is 5.69 Å². The van der Waals surface area contributed by atoms with Gasteiger partial charge in [-0.3, -0.25) is 4.79 Å². The molecule has 0 aliphatic carbocycles. The van der Waals surface area contributed by atoms with Crippen LogP contribution < -0.4 is 5.73 Å². The van der Waals surface area contributed by atoms with Crippen molar-refractivity contribution in [3.05, 3.63) is 36.0 Å². The second-order valence-corrected chi connectivity index (χ2v) is 4.06. The van der Waals surface area contributed by atoms with E-state index in [-0.39, 0.29) is 11.7 Å². The summed E-state index contributed by atoms with van der Waals surface area (Å²) in [5.74, 6) is -0.559. The fraction of sp³-hybridized carbons (Fsp3) is 0.250. The fourth-order valence-electron chi connectivity index (χ4n) is 1.69. The average molecular weight is 230 g/mol. The average Bonchev–Trinajstić information content (AvgIpc) is 2.74. The van der Waals surface area contributed by atoms with Crippen LogP contribution in [0.4, 0.5) is 0 Å². The summed E-state index contributed by atoms with van der Waals surface area (Å²) in [5, 5.41) is 7.83. The smallest absolute Gasteiger partial charge is 0.271 e. The van der Waals surface area contributed by atoms with E-state index in [0.29, 0.717) is 5.69 Å². The van der Waals surface area contributed by atoms with Gasteiger partial charge in [-0.25, -0.2) is 4.68 Å². The molecule has 0 radical (unpaired) electrons. The molecule has 1 amide bonds. The summed E-state index contributed by atoms with van der Waals surface area (Å²) < 4.78 is 1.70. The lowest BCUT2D eigenvalue weighted by Crippen LogP contribution is -2.14. The van der Waals surface area contributed by atoms with Gasteiger partial charge >= 0.3 is 0 Å². The maximum atomic E-state index is 11.3. The molecule has 5 nitrogen and oxygen atoms in total. The summed E-state index contributed by atoms with van der Waals surface area (Å²) in [7, 11) is 0. The van der Waals surface area contributed by atoms with Crippen molar-refractivity contribution in [3.63, 3.8) is 0 Å². The molecule has 1 aromatic carbocycles. The fourth-order valence-corrected chi connectivity index (χ4v) is 1.69. The van der Waals surface area contributed by atoms with Crippen molar-refractivity contribution >= 4 is 5.91 Å². The van der Waals surface area contributed by atoms with Crippen molar-refractivity contribution in [2.75, 3.05) is 0 Å². The monoisotopic (exact) mass is 230 g/mol. The molecule has 2 aromatic rings. The Balaban J connectivity index is 2.65. The normalized spacial score (nSPS) is 10.8. The molecule has 2 rings (SSSR count). The molecule has 1 aromatic heterocycles. The Morgan fingerprint density at radius 3 is 2.47 bits per heavy atom. The molecule has 0 saturated heterocycles. The molecule has 17 heavy (non-hydrogen) atoms. The van der Waals surface area contributed by atoms with Gasteiger partial charge in [0.25, 0.3) is 5.91 Å². The Morgan fingerprint density at radius 2 is 1.94 bits per heavy atom. The van der Waals surface area contributed by atoms with Crippen LogP contribution in [0, 0.1) is 0 Å². The minimum absolute atomic E-state index is 0.116. The second-order valence-electron chi connectivity index (χ2n) is 4.06. The largest absolute Gasteiger partial charge is 0.364 e. The number of rotatable bonds is 3. The van der Waals surface area contributed by atoms with E-state index in [1.165, 1.54) is 0 Å². The highest BCUT2D eigenvalue weighted by molar-refractivity contribution is 5.96. The Kier molecular flexibility index (Phi) is 2.91. The highest BCUT2D eigenvalue weighted by atomic mass is 16.1.